The Morgan fingerprint density at radius 2 is 1.76 bits per heavy atom. The molecule has 0 saturated heterocycles. The fourth-order valence-electron chi connectivity index (χ4n) is 1.19. The van der Waals surface area contributed by atoms with Crippen LogP contribution < -0.4 is 0 Å². The molecule has 1 aromatic rings. The molecule has 0 aliphatic rings. The van der Waals surface area contributed by atoms with Gasteiger partial charge in [-0.1, -0.05) is 41.9 Å². The van der Waals surface area contributed by atoms with E-state index in [2.05, 4.69) is 9.05 Å². The smallest absolute Gasteiger partial charge is 0.308 e. The van der Waals surface area contributed by atoms with Crippen LogP contribution >= 0.6 is 19.2 Å². The van der Waals surface area contributed by atoms with E-state index < -0.39 is 18.2 Å². The lowest BCUT2D eigenvalue weighted by Crippen LogP contribution is -2.28. The van der Waals surface area contributed by atoms with Crippen molar-refractivity contribution in [2.45, 2.75) is 4.87 Å². The van der Waals surface area contributed by atoms with Gasteiger partial charge in [0.1, 0.15) is 0 Å². The summed E-state index contributed by atoms with van der Waals surface area (Å²) in [5.41, 5.74) is -0.0145. The van der Waals surface area contributed by atoms with E-state index in [-0.39, 0.29) is 5.56 Å². The highest BCUT2D eigenvalue weighted by molar-refractivity contribution is 7.58. The fourth-order valence-corrected chi connectivity index (χ4v) is 2.70. The first kappa shape index (κ1) is 14.3. The Labute approximate surface area is 103 Å². The number of hydrogen-bond donors (Lipinski definition) is 0. The highest BCUT2D eigenvalue weighted by Gasteiger charge is 2.56. The number of hydrogen-bond acceptors (Lipinski definition) is 4. The molecule has 0 saturated carbocycles. The maximum atomic E-state index is 14.1. The molecule has 94 valence electrons. The summed E-state index contributed by atoms with van der Waals surface area (Å²) < 4.78 is 34.7. The second kappa shape index (κ2) is 5.27. The molecular weight excluding hydrogens is 270 g/mol. The summed E-state index contributed by atoms with van der Waals surface area (Å²) in [6.45, 7) is 0. The Morgan fingerprint density at radius 1 is 1.29 bits per heavy atom. The summed E-state index contributed by atoms with van der Waals surface area (Å²) >= 11 is 5.40. The first-order valence-electron chi connectivity index (χ1n) is 4.58. The van der Waals surface area contributed by atoms with Crippen molar-refractivity contribution in [2.24, 2.45) is 0 Å². The van der Waals surface area contributed by atoms with Crippen LogP contribution in [-0.4, -0.2) is 24.9 Å². The molecule has 1 atom stereocenters. The second-order valence-electron chi connectivity index (χ2n) is 3.10. The first-order valence-corrected chi connectivity index (χ1v) is 6.50. The van der Waals surface area contributed by atoms with Gasteiger partial charge in [-0.05, 0) is 0 Å². The highest BCUT2D eigenvalue weighted by atomic mass is 35.5. The zero-order valence-corrected chi connectivity index (χ0v) is 10.9. The molecule has 0 radical (unpaired) electrons. The maximum absolute atomic E-state index is 14.1. The number of carbonyl (C=O) groups excluding carboxylic acids is 1. The standard InChI is InChI=1S/C10H11ClFO4P/c1-15-17(14,16-2)10(11,12)9(13)8-6-4-3-5-7-8/h3-7H,1-2H3/t10-/m0/s1. The quantitative estimate of drug-likeness (QED) is 0.472. The summed E-state index contributed by atoms with van der Waals surface area (Å²) in [6.07, 6.45) is 0. The topological polar surface area (TPSA) is 52.6 Å². The normalized spacial score (nSPS) is 15.3. The van der Waals surface area contributed by atoms with Crippen LogP contribution in [0.2, 0.25) is 0 Å². The number of carbonyl (C=O) groups is 1. The van der Waals surface area contributed by atoms with Crippen LogP contribution in [0.5, 0.6) is 0 Å². The fraction of sp³-hybridized carbons (Fsp3) is 0.300. The highest BCUT2D eigenvalue weighted by Crippen LogP contribution is 2.63. The minimum absolute atomic E-state index is 0.0145. The van der Waals surface area contributed by atoms with E-state index in [4.69, 9.17) is 11.6 Å². The van der Waals surface area contributed by atoms with Crippen LogP contribution in [0.1, 0.15) is 10.4 Å². The lowest BCUT2D eigenvalue weighted by atomic mass is 10.1. The third kappa shape index (κ3) is 2.58. The molecule has 0 bridgehead atoms. The summed E-state index contributed by atoms with van der Waals surface area (Å²) in [7, 11) is -2.44. The summed E-state index contributed by atoms with van der Waals surface area (Å²) in [5.74, 6) is -1.16. The van der Waals surface area contributed by atoms with Crippen molar-refractivity contribution >= 4 is 25.0 Å². The van der Waals surface area contributed by atoms with Crippen LogP contribution in [0.4, 0.5) is 4.39 Å². The number of rotatable bonds is 5. The first-order chi connectivity index (χ1) is 7.89. The third-order valence-corrected chi connectivity index (χ3v) is 4.78. The van der Waals surface area contributed by atoms with Gasteiger partial charge < -0.3 is 9.05 Å². The Morgan fingerprint density at radius 3 is 2.18 bits per heavy atom. The van der Waals surface area contributed by atoms with Gasteiger partial charge in [0.2, 0.25) is 5.78 Å². The van der Waals surface area contributed by atoms with Crippen LogP contribution in [0.25, 0.3) is 0 Å². The number of alkyl halides is 2. The second-order valence-corrected chi connectivity index (χ2v) is 6.22. The molecule has 0 spiro atoms. The van der Waals surface area contributed by atoms with Gasteiger partial charge in [-0.15, -0.1) is 0 Å². The van der Waals surface area contributed by atoms with Crippen molar-refractivity contribution in [1.82, 2.24) is 0 Å². The molecule has 4 nitrogen and oxygen atoms in total. The van der Waals surface area contributed by atoms with E-state index in [1.54, 1.807) is 6.07 Å². The molecule has 0 unspecified atom stereocenters. The molecule has 0 aromatic heterocycles. The van der Waals surface area contributed by atoms with Crippen molar-refractivity contribution in [3.63, 3.8) is 0 Å². The third-order valence-electron chi connectivity index (χ3n) is 2.13. The van der Waals surface area contributed by atoms with Crippen LogP contribution in [0.15, 0.2) is 30.3 Å². The molecule has 0 aliphatic heterocycles. The Kier molecular flexibility index (Phi) is 4.44. The van der Waals surface area contributed by atoms with E-state index in [9.17, 15) is 13.8 Å². The largest absolute Gasteiger partial charge is 0.390 e. The number of Topliss-reactive ketones (excluding diaryl/α,β-unsaturated/α-hetero) is 1. The molecule has 0 heterocycles. The summed E-state index contributed by atoms with van der Waals surface area (Å²) in [4.78, 5) is 8.55. The average Bonchev–Trinajstić information content (AvgIpc) is 2.37. The van der Waals surface area contributed by atoms with Crippen molar-refractivity contribution in [3.8, 4) is 0 Å². The molecule has 1 aromatic carbocycles. The van der Waals surface area contributed by atoms with Gasteiger partial charge in [-0.25, -0.2) is 4.39 Å². The van der Waals surface area contributed by atoms with Crippen molar-refractivity contribution < 1.29 is 22.8 Å². The number of halogens is 2. The van der Waals surface area contributed by atoms with Crippen LogP contribution in [0.3, 0.4) is 0 Å². The van der Waals surface area contributed by atoms with Crippen molar-refractivity contribution in [2.75, 3.05) is 14.2 Å². The average molecular weight is 281 g/mol. The lowest BCUT2D eigenvalue weighted by molar-refractivity contribution is 0.0868. The predicted molar refractivity (Wildman–Crippen MR) is 62.1 cm³/mol. The van der Waals surface area contributed by atoms with E-state index >= 15 is 0 Å². The SMILES string of the molecule is COP(=O)(OC)[C@](F)(Cl)C(=O)c1ccccc1. The Hall–Kier alpha value is -0.740. The molecule has 0 amide bonds. The van der Waals surface area contributed by atoms with Gasteiger partial charge in [0.25, 0.3) is 0 Å². The maximum Gasteiger partial charge on any atom is 0.390 e. The molecular formula is C10H11ClFO4P. The van der Waals surface area contributed by atoms with E-state index in [1.807, 2.05) is 0 Å². The van der Waals surface area contributed by atoms with Crippen LogP contribution in [0, 0.1) is 0 Å². The lowest BCUT2D eigenvalue weighted by Gasteiger charge is -2.23. The zero-order chi connectivity index (χ0) is 13.1. The van der Waals surface area contributed by atoms with Gasteiger partial charge in [0.05, 0.1) is 0 Å². The van der Waals surface area contributed by atoms with E-state index in [0.717, 1.165) is 14.2 Å². The van der Waals surface area contributed by atoms with Crippen LogP contribution in [-0.2, 0) is 13.6 Å². The van der Waals surface area contributed by atoms with Gasteiger partial charge in [0.15, 0.2) is 0 Å². The number of ketones is 1. The number of benzene rings is 1. The van der Waals surface area contributed by atoms with Crippen molar-refractivity contribution in [3.05, 3.63) is 35.9 Å². The van der Waals surface area contributed by atoms with Gasteiger partial charge in [0, 0.05) is 19.8 Å². The molecule has 0 fully saturated rings. The Bertz CT molecular complexity index is 441. The van der Waals surface area contributed by atoms with Gasteiger partial charge in [-0.3, -0.25) is 9.36 Å². The molecule has 17 heavy (non-hydrogen) atoms. The zero-order valence-electron chi connectivity index (χ0n) is 9.22. The van der Waals surface area contributed by atoms with E-state index in [0.29, 0.717) is 0 Å². The van der Waals surface area contributed by atoms with Gasteiger partial charge in [-0.2, -0.15) is 0 Å². The van der Waals surface area contributed by atoms with Gasteiger partial charge >= 0.3 is 12.5 Å². The molecule has 0 N–H and O–H groups in total. The summed E-state index contributed by atoms with van der Waals surface area (Å²) in [5, 5.41) is 0. The Balaban J connectivity index is 3.15. The molecule has 7 heteroatoms. The molecule has 0 aliphatic carbocycles. The van der Waals surface area contributed by atoms with E-state index in [1.165, 1.54) is 24.3 Å². The minimum Gasteiger partial charge on any atom is -0.308 e. The predicted octanol–water partition coefficient (Wildman–Crippen LogP) is 3.22. The van der Waals surface area contributed by atoms with Crippen molar-refractivity contribution in [1.29, 1.82) is 0 Å². The molecule has 1 rings (SSSR count). The minimum atomic E-state index is -4.36. The summed E-state index contributed by atoms with van der Waals surface area (Å²) in [6, 6.07) is 7.43. The monoisotopic (exact) mass is 280 g/mol.